The van der Waals surface area contributed by atoms with E-state index in [4.69, 9.17) is 0 Å². The van der Waals surface area contributed by atoms with Crippen molar-refractivity contribution < 1.29 is 29.0 Å². The van der Waals surface area contributed by atoms with Gasteiger partial charge in [-0.05, 0) is 19.3 Å². The van der Waals surface area contributed by atoms with Crippen LogP contribution in [0.3, 0.4) is 0 Å². The molecule has 7 nitrogen and oxygen atoms in total. The summed E-state index contributed by atoms with van der Waals surface area (Å²) in [6.45, 7) is 0. The Morgan fingerprint density at radius 3 is 2.48 bits per heavy atom. The van der Waals surface area contributed by atoms with Crippen molar-refractivity contribution in [2.75, 3.05) is 7.11 Å². The molecule has 0 bridgehead atoms. The summed E-state index contributed by atoms with van der Waals surface area (Å²) in [6, 6.07) is -1.29. The number of carbonyl (C=O) groups is 4. The van der Waals surface area contributed by atoms with Gasteiger partial charge in [0.05, 0.1) is 12.5 Å². The molecule has 1 heterocycles. The van der Waals surface area contributed by atoms with E-state index in [0.717, 1.165) is 17.7 Å². The van der Waals surface area contributed by atoms with E-state index in [1.807, 2.05) is 0 Å². The number of nitrogens with zero attached hydrogens (tertiary/aromatic N) is 1. The lowest BCUT2D eigenvalue weighted by Gasteiger charge is -2.25. The number of imide groups is 1. The zero-order chi connectivity index (χ0) is 15.6. The molecular weight excluding hydrogens is 278 g/mol. The van der Waals surface area contributed by atoms with Crippen LogP contribution in [0.5, 0.6) is 0 Å². The molecule has 0 aromatic rings. The first kappa shape index (κ1) is 15.5. The van der Waals surface area contributed by atoms with Crippen LogP contribution in [0.2, 0.25) is 0 Å². The Morgan fingerprint density at radius 2 is 1.95 bits per heavy atom. The van der Waals surface area contributed by atoms with Crippen molar-refractivity contribution >= 4 is 23.8 Å². The number of likely N-dealkylation sites (tertiary alicyclic amines) is 1. The quantitative estimate of drug-likeness (QED) is 0.592. The minimum absolute atomic E-state index is 0.0911. The van der Waals surface area contributed by atoms with Crippen LogP contribution in [0.4, 0.5) is 0 Å². The third-order valence-corrected chi connectivity index (χ3v) is 4.44. The van der Waals surface area contributed by atoms with E-state index in [0.29, 0.717) is 12.8 Å². The van der Waals surface area contributed by atoms with Gasteiger partial charge in [-0.2, -0.15) is 0 Å². The molecule has 2 amide bonds. The molecular formula is C14H19NO6. The predicted molar refractivity (Wildman–Crippen MR) is 70.0 cm³/mol. The lowest BCUT2D eigenvalue weighted by Crippen LogP contribution is -2.46. The number of carboxylic acids is 1. The molecule has 21 heavy (non-hydrogen) atoms. The Bertz CT molecular complexity index is 480. The van der Waals surface area contributed by atoms with Gasteiger partial charge in [0.15, 0.2) is 0 Å². The van der Waals surface area contributed by atoms with E-state index in [2.05, 4.69) is 4.74 Å². The Balaban J connectivity index is 2.16. The first-order valence-corrected chi connectivity index (χ1v) is 7.07. The zero-order valence-corrected chi connectivity index (χ0v) is 12.0. The van der Waals surface area contributed by atoms with Gasteiger partial charge in [-0.15, -0.1) is 0 Å². The Kier molecular flexibility index (Phi) is 4.29. The lowest BCUT2D eigenvalue weighted by molar-refractivity contribution is -0.157. The normalized spacial score (nSPS) is 21.9. The first-order chi connectivity index (χ1) is 9.91. The molecule has 1 saturated carbocycles. The van der Waals surface area contributed by atoms with Crippen molar-refractivity contribution in [1.82, 2.24) is 4.90 Å². The van der Waals surface area contributed by atoms with Crippen molar-refractivity contribution in [2.24, 2.45) is 5.41 Å². The standard InChI is InChI=1S/C14H19NO6/c1-21-11(17)5-4-9(12(18)19)15-10(16)8-14(13(15)20)6-2-3-7-14/h9H,2-8H2,1H3,(H,18,19). The molecule has 1 spiro atoms. The van der Waals surface area contributed by atoms with E-state index >= 15 is 0 Å². The van der Waals surface area contributed by atoms with E-state index in [1.54, 1.807) is 0 Å². The molecule has 116 valence electrons. The van der Waals surface area contributed by atoms with Crippen molar-refractivity contribution in [3.63, 3.8) is 0 Å². The van der Waals surface area contributed by atoms with Gasteiger partial charge in [-0.1, -0.05) is 12.8 Å². The molecule has 1 aliphatic heterocycles. The fourth-order valence-corrected chi connectivity index (χ4v) is 3.30. The molecule has 0 aromatic carbocycles. The molecule has 0 radical (unpaired) electrons. The van der Waals surface area contributed by atoms with Crippen molar-refractivity contribution in [3.8, 4) is 0 Å². The fraction of sp³-hybridized carbons (Fsp3) is 0.714. The molecule has 1 saturated heterocycles. The highest BCUT2D eigenvalue weighted by molar-refractivity contribution is 6.08. The molecule has 1 atom stereocenters. The number of amides is 2. The number of carbonyl (C=O) groups excluding carboxylic acids is 3. The minimum Gasteiger partial charge on any atom is -0.480 e. The third-order valence-electron chi connectivity index (χ3n) is 4.44. The van der Waals surface area contributed by atoms with Gasteiger partial charge in [0.1, 0.15) is 6.04 Å². The van der Waals surface area contributed by atoms with Crippen molar-refractivity contribution in [2.45, 2.75) is 51.0 Å². The van der Waals surface area contributed by atoms with Crippen LogP contribution >= 0.6 is 0 Å². The van der Waals surface area contributed by atoms with E-state index < -0.39 is 29.3 Å². The lowest BCUT2D eigenvalue weighted by atomic mass is 9.84. The number of rotatable bonds is 5. The second-order valence-corrected chi connectivity index (χ2v) is 5.70. The molecule has 2 rings (SSSR count). The van der Waals surface area contributed by atoms with Crippen LogP contribution in [0.25, 0.3) is 0 Å². The molecule has 7 heteroatoms. The summed E-state index contributed by atoms with van der Waals surface area (Å²) in [5.41, 5.74) is -0.698. The second-order valence-electron chi connectivity index (χ2n) is 5.70. The van der Waals surface area contributed by atoms with E-state index in [9.17, 15) is 24.3 Å². The van der Waals surface area contributed by atoms with Gasteiger partial charge in [0.2, 0.25) is 11.8 Å². The Hall–Kier alpha value is -1.92. The van der Waals surface area contributed by atoms with Crippen LogP contribution in [-0.2, 0) is 23.9 Å². The highest BCUT2D eigenvalue weighted by Crippen LogP contribution is 2.47. The molecule has 2 aliphatic rings. The number of ether oxygens (including phenoxy) is 1. The summed E-state index contributed by atoms with van der Waals surface area (Å²) in [5, 5.41) is 9.29. The maximum atomic E-state index is 12.5. The average molecular weight is 297 g/mol. The Labute approximate surface area is 122 Å². The number of hydrogen-bond acceptors (Lipinski definition) is 5. The first-order valence-electron chi connectivity index (χ1n) is 7.07. The van der Waals surface area contributed by atoms with Gasteiger partial charge < -0.3 is 9.84 Å². The fourth-order valence-electron chi connectivity index (χ4n) is 3.30. The largest absolute Gasteiger partial charge is 0.480 e. The number of esters is 1. The van der Waals surface area contributed by atoms with E-state index in [1.165, 1.54) is 7.11 Å². The number of aliphatic carboxylic acids is 1. The Morgan fingerprint density at radius 1 is 1.33 bits per heavy atom. The van der Waals surface area contributed by atoms with Gasteiger partial charge >= 0.3 is 11.9 Å². The molecule has 1 N–H and O–H groups in total. The van der Waals surface area contributed by atoms with Crippen molar-refractivity contribution in [1.29, 1.82) is 0 Å². The van der Waals surface area contributed by atoms with Crippen LogP contribution in [0.15, 0.2) is 0 Å². The second kappa shape index (κ2) is 5.83. The van der Waals surface area contributed by atoms with Crippen LogP contribution in [0, 0.1) is 5.41 Å². The summed E-state index contributed by atoms with van der Waals surface area (Å²) in [4.78, 5) is 48.1. The van der Waals surface area contributed by atoms with Crippen LogP contribution in [-0.4, -0.2) is 46.9 Å². The minimum atomic E-state index is -1.29. The molecule has 2 fully saturated rings. The summed E-state index contributed by atoms with van der Waals surface area (Å²) in [5.74, 6) is -2.66. The molecule has 1 aliphatic carbocycles. The SMILES string of the molecule is COC(=O)CCC(C(=O)O)N1C(=O)CC2(CCCC2)C1=O. The van der Waals surface area contributed by atoms with E-state index in [-0.39, 0.29) is 25.2 Å². The number of carboxylic acid groups (broad SMARTS) is 1. The van der Waals surface area contributed by atoms with Gasteiger partial charge in [-0.3, -0.25) is 19.3 Å². The maximum Gasteiger partial charge on any atom is 0.326 e. The third kappa shape index (κ3) is 2.77. The van der Waals surface area contributed by atoms with Crippen molar-refractivity contribution in [3.05, 3.63) is 0 Å². The monoisotopic (exact) mass is 297 g/mol. The summed E-state index contributed by atoms with van der Waals surface area (Å²) >= 11 is 0. The zero-order valence-electron chi connectivity index (χ0n) is 12.0. The summed E-state index contributed by atoms with van der Waals surface area (Å²) < 4.78 is 4.47. The average Bonchev–Trinajstić information content (AvgIpc) is 2.99. The summed E-state index contributed by atoms with van der Waals surface area (Å²) in [7, 11) is 1.21. The topological polar surface area (TPSA) is 101 Å². The maximum absolute atomic E-state index is 12.5. The number of methoxy groups -OCH3 is 1. The highest BCUT2D eigenvalue weighted by atomic mass is 16.5. The molecule has 1 unspecified atom stereocenters. The van der Waals surface area contributed by atoms with Gasteiger partial charge in [0.25, 0.3) is 0 Å². The smallest absolute Gasteiger partial charge is 0.326 e. The highest BCUT2D eigenvalue weighted by Gasteiger charge is 2.55. The van der Waals surface area contributed by atoms with Gasteiger partial charge in [0, 0.05) is 12.8 Å². The van der Waals surface area contributed by atoms with Crippen LogP contribution in [0.1, 0.15) is 44.9 Å². The van der Waals surface area contributed by atoms with Crippen LogP contribution < -0.4 is 0 Å². The molecule has 0 aromatic heterocycles. The number of hydrogen-bond donors (Lipinski definition) is 1. The van der Waals surface area contributed by atoms with Gasteiger partial charge in [-0.25, -0.2) is 4.79 Å². The predicted octanol–water partition coefficient (Wildman–Crippen LogP) is 0.712. The summed E-state index contributed by atoms with van der Waals surface area (Å²) in [6.07, 6.45) is 2.87.